The van der Waals surface area contributed by atoms with Crippen LogP contribution in [0.25, 0.3) is 6.08 Å². The molecule has 0 heterocycles. The first-order valence-corrected chi connectivity index (χ1v) is 5.75. The number of allylic oxidation sites excluding steroid dienone is 1. The second-order valence-corrected chi connectivity index (χ2v) is 4.26. The molecule has 0 nitrogen and oxygen atoms in total. The summed E-state index contributed by atoms with van der Waals surface area (Å²) < 4.78 is 0. The largest absolute Gasteiger partial charge is 0.0795 e. The second-order valence-electron chi connectivity index (χ2n) is 4.26. The van der Waals surface area contributed by atoms with Crippen molar-refractivity contribution in [3.63, 3.8) is 0 Å². The van der Waals surface area contributed by atoms with Crippen molar-refractivity contribution in [2.24, 2.45) is 0 Å². The lowest BCUT2D eigenvalue weighted by Crippen LogP contribution is -1.93. The summed E-state index contributed by atoms with van der Waals surface area (Å²) in [4.78, 5) is 0. The van der Waals surface area contributed by atoms with Crippen LogP contribution in [0, 0.1) is 0 Å². The molecule has 0 saturated carbocycles. The van der Waals surface area contributed by atoms with Crippen LogP contribution >= 0.6 is 0 Å². The first kappa shape index (κ1) is 9.41. The van der Waals surface area contributed by atoms with Gasteiger partial charge in [0.25, 0.3) is 0 Å². The third-order valence-electron chi connectivity index (χ3n) is 3.15. The van der Waals surface area contributed by atoms with Gasteiger partial charge in [0.2, 0.25) is 0 Å². The highest BCUT2D eigenvalue weighted by molar-refractivity contribution is 5.63. The van der Waals surface area contributed by atoms with E-state index in [1.807, 2.05) is 0 Å². The molecule has 0 amide bonds. The predicted octanol–water partition coefficient (Wildman–Crippen LogP) is 3.85. The molecule has 0 aromatic heterocycles. The topological polar surface area (TPSA) is 0 Å². The van der Waals surface area contributed by atoms with Crippen LogP contribution in [0.1, 0.15) is 22.3 Å². The maximum atomic E-state index is 2.26. The van der Waals surface area contributed by atoms with Crippen LogP contribution in [-0.2, 0) is 12.8 Å². The van der Waals surface area contributed by atoms with Gasteiger partial charge in [-0.25, -0.2) is 0 Å². The molecule has 0 saturated heterocycles. The van der Waals surface area contributed by atoms with E-state index < -0.39 is 0 Å². The fourth-order valence-electron chi connectivity index (χ4n) is 2.33. The molecule has 0 aliphatic heterocycles. The number of hydrogen-bond acceptors (Lipinski definition) is 0. The summed E-state index contributed by atoms with van der Waals surface area (Å²) in [7, 11) is 0. The van der Waals surface area contributed by atoms with E-state index in [1.54, 1.807) is 0 Å². The van der Waals surface area contributed by atoms with Gasteiger partial charge in [0, 0.05) is 0 Å². The molecule has 0 atom stereocenters. The van der Waals surface area contributed by atoms with Crippen LogP contribution in [0.5, 0.6) is 0 Å². The van der Waals surface area contributed by atoms with Gasteiger partial charge in [-0.15, -0.1) is 0 Å². The lowest BCUT2D eigenvalue weighted by molar-refractivity contribution is 1.17. The van der Waals surface area contributed by atoms with Gasteiger partial charge in [0.1, 0.15) is 0 Å². The highest BCUT2D eigenvalue weighted by Crippen LogP contribution is 2.24. The molecule has 2 aromatic rings. The number of hydrogen-bond donors (Lipinski definition) is 0. The van der Waals surface area contributed by atoms with Crippen molar-refractivity contribution in [3.05, 3.63) is 76.9 Å². The van der Waals surface area contributed by atoms with E-state index in [0.717, 1.165) is 12.8 Å². The highest BCUT2D eigenvalue weighted by atomic mass is 14.1. The predicted molar refractivity (Wildman–Crippen MR) is 68.4 cm³/mol. The van der Waals surface area contributed by atoms with Crippen LogP contribution in [0.3, 0.4) is 0 Å². The van der Waals surface area contributed by atoms with Crippen LogP contribution in [-0.4, -0.2) is 0 Å². The molecular weight excluding hydrogens is 192 g/mol. The Morgan fingerprint density at radius 1 is 0.875 bits per heavy atom. The summed E-state index contributed by atoms with van der Waals surface area (Å²) in [5.41, 5.74) is 5.73. The van der Waals surface area contributed by atoms with Gasteiger partial charge >= 0.3 is 0 Å². The lowest BCUT2D eigenvalue weighted by atomic mass is 9.97. The number of rotatable bonds is 2. The first-order valence-electron chi connectivity index (χ1n) is 5.75. The number of fused-ring (bicyclic) bond motifs is 1. The SMILES string of the molecule is C1=Cc2c(cccc2Cc2ccccc2)C1. The van der Waals surface area contributed by atoms with Crippen LogP contribution in [0.15, 0.2) is 54.6 Å². The van der Waals surface area contributed by atoms with E-state index in [4.69, 9.17) is 0 Å². The smallest absolute Gasteiger partial charge is 0.00197 e. The van der Waals surface area contributed by atoms with E-state index >= 15 is 0 Å². The third-order valence-corrected chi connectivity index (χ3v) is 3.15. The van der Waals surface area contributed by atoms with Crippen molar-refractivity contribution in [2.75, 3.05) is 0 Å². The average Bonchev–Trinajstić information content (AvgIpc) is 2.80. The normalized spacial score (nSPS) is 12.8. The third kappa shape index (κ3) is 1.67. The Kier molecular flexibility index (Phi) is 2.34. The van der Waals surface area contributed by atoms with Crippen LogP contribution < -0.4 is 0 Å². The van der Waals surface area contributed by atoms with Gasteiger partial charge in [-0.3, -0.25) is 0 Å². The lowest BCUT2D eigenvalue weighted by Gasteiger charge is -2.07. The summed E-state index contributed by atoms with van der Waals surface area (Å²) in [5, 5.41) is 0. The van der Waals surface area contributed by atoms with Gasteiger partial charge in [-0.05, 0) is 35.1 Å². The molecule has 0 fully saturated rings. The summed E-state index contributed by atoms with van der Waals surface area (Å²) in [5.74, 6) is 0. The van der Waals surface area contributed by atoms with Crippen molar-refractivity contribution < 1.29 is 0 Å². The molecule has 0 N–H and O–H groups in total. The van der Waals surface area contributed by atoms with Crippen molar-refractivity contribution in [1.29, 1.82) is 0 Å². The van der Waals surface area contributed by atoms with Crippen molar-refractivity contribution in [2.45, 2.75) is 12.8 Å². The van der Waals surface area contributed by atoms with Crippen molar-refractivity contribution in [1.82, 2.24) is 0 Å². The molecule has 3 rings (SSSR count). The Hall–Kier alpha value is -1.82. The number of benzene rings is 2. The van der Waals surface area contributed by atoms with E-state index in [2.05, 4.69) is 60.7 Å². The standard InChI is InChI=1S/C16H14/c1-2-6-13(7-3-1)12-15-10-4-8-14-9-5-11-16(14)15/h1-8,10-11H,9,12H2. The molecule has 0 unspecified atom stereocenters. The fourth-order valence-corrected chi connectivity index (χ4v) is 2.33. The van der Waals surface area contributed by atoms with Crippen molar-refractivity contribution >= 4 is 6.08 Å². The van der Waals surface area contributed by atoms with Gasteiger partial charge in [-0.2, -0.15) is 0 Å². The summed E-state index contributed by atoms with van der Waals surface area (Å²) >= 11 is 0. The molecule has 2 aromatic carbocycles. The zero-order chi connectivity index (χ0) is 10.8. The Morgan fingerprint density at radius 2 is 1.75 bits per heavy atom. The summed E-state index contributed by atoms with van der Waals surface area (Å²) in [6.07, 6.45) is 6.64. The zero-order valence-electron chi connectivity index (χ0n) is 9.19. The van der Waals surface area contributed by atoms with E-state index in [9.17, 15) is 0 Å². The quantitative estimate of drug-likeness (QED) is 0.700. The molecule has 0 spiro atoms. The van der Waals surface area contributed by atoms with Gasteiger partial charge < -0.3 is 0 Å². The van der Waals surface area contributed by atoms with E-state index in [0.29, 0.717) is 0 Å². The molecule has 1 aliphatic carbocycles. The first-order chi connectivity index (χ1) is 7.93. The maximum Gasteiger partial charge on any atom is -0.00197 e. The minimum Gasteiger partial charge on any atom is -0.0795 e. The Labute approximate surface area is 96.3 Å². The maximum absolute atomic E-state index is 2.26. The zero-order valence-corrected chi connectivity index (χ0v) is 9.19. The Bertz CT molecular complexity index is 521. The van der Waals surface area contributed by atoms with Gasteiger partial charge in [0.05, 0.1) is 0 Å². The Morgan fingerprint density at radius 3 is 2.62 bits per heavy atom. The summed E-state index contributed by atoms with van der Waals surface area (Å²) in [6, 6.07) is 17.3. The second kappa shape index (κ2) is 3.97. The summed E-state index contributed by atoms with van der Waals surface area (Å²) in [6.45, 7) is 0. The molecule has 1 aliphatic rings. The van der Waals surface area contributed by atoms with Crippen molar-refractivity contribution in [3.8, 4) is 0 Å². The molecule has 0 heteroatoms. The minimum atomic E-state index is 1.04. The van der Waals surface area contributed by atoms with E-state index in [1.165, 1.54) is 22.3 Å². The molecular formula is C16H14. The molecule has 0 bridgehead atoms. The van der Waals surface area contributed by atoms with E-state index in [-0.39, 0.29) is 0 Å². The van der Waals surface area contributed by atoms with Gasteiger partial charge in [-0.1, -0.05) is 60.7 Å². The van der Waals surface area contributed by atoms with Crippen LogP contribution in [0.2, 0.25) is 0 Å². The average molecular weight is 206 g/mol. The molecule has 0 radical (unpaired) electrons. The Balaban J connectivity index is 1.97. The van der Waals surface area contributed by atoms with Crippen LogP contribution in [0.4, 0.5) is 0 Å². The monoisotopic (exact) mass is 206 g/mol. The highest BCUT2D eigenvalue weighted by Gasteiger charge is 2.09. The molecule has 16 heavy (non-hydrogen) atoms. The molecule has 78 valence electrons. The minimum absolute atomic E-state index is 1.04. The van der Waals surface area contributed by atoms with Gasteiger partial charge in [0.15, 0.2) is 0 Å². The fraction of sp³-hybridized carbons (Fsp3) is 0.125.